The highest BCUT2D eigenvalue weighted by molar-refractivity contribution is 7.98. The molecule has 0 amide bonds. The number of nitrogens with zero attached hydrogens (tertiary/aromatic N) is 3. The van der Waals surface area contributed by atoms with Crippen molar-refractivity contribution in [2.75, 3.05) is 29.6 Å². The minimum absolute atomic E-state index is 0. The second kappa shape index (κ2) is 10.8. The fourth-order valence-electron chi connectivity index (χ4n) is 2.91. The fraction of sp³-hybridized carbons (Fsp3) is 0.444. The van der Waals surface area contributed by atoms with Gasteiger partial charge in [0.1, 0.15) is 5.82 Å². The molecule has 0 spiro atoms. The molecule has 1 aromatic carbocycles. The predicted molar refractivity (Wildman–Crippen MR) is 117 cm³/mol. The molecule has 8 heteroatoms. The van der Waals surface area contributed by atoms with Gasteiger partial charge >= 0.3 is 0 Å². The minimum Gasteiger partial charge on any atom is -0.355 e. The molecule has 0 radical (unpaired) electrons. The molecule has 2 heterocycles. The van der Waals surface area contributed by atoms with E-state index in [1.807, 2.05) is 12.1 Å². The summed E-state index contributed by atoms with van der Waals surface area (Å²) >= 11 is 1.73. The van der Waals surface area contributed by atoms with Gasteiger partial charge in [0.15, 0.2) is 0 Å². The molecule has 1 aliphatic heterocycles. The predicted octanol–water partition coefficient (Wildman–Crippen LogP) is 4.28. The maximum atomic E-state index is 6.05. The lowest BCUT2D eigenvalue weighted by Gasteiger charge is -2.19. The standard InChI is InChI=1S/C18H25N5S.2ClH/c1-3-5-14-11-17(23-9-8-13(19)12-23)22-18(20-14)21-15-6-4-7-16(10-15)24-2;;/h4,6-7,10-11,13H,3,5,8-9,12,19H2,1-2H3,(H,20,21,22);2*1H. The lowest BCUT2D eigenvalue weighted by Crippen LogP contribution is -2.27. The van der Waals surface area contributed by atoms with E-state index in [4.69, 9.17) is 10.7 Å². The van der Waals surface area contributed by atoms with Gasteiger partial charge in [0.2, 0.25) is 5.95 Å². The average Bonchev–Trinajstić information content (AvgIpc) is 3.02. The van der Waals surface area contributed by atoms with Gasteiger partial charge in [0.25, 0.3) is 0 Å². The van der Waals surface area contributed by atoms with Crippen LogP contribution in [0, 0.1) is 0 Å². The quantitative estimate of drug-likeness (QED) is 0.686. The van der Waals surface area contributed by atoms with Crippen molar-refractivity contribution in [1.29, 1.82) is 0 Å². The van der Waals surface area contributed by atoms with Crippen molar-refractivity contribution in [2.45, 2.75) is 37.1 Å². The molecule has 1 fully saturated rings. The van der Waals surface area contributed by atoms with E-state index in [1.54, 1.807) is 11.8 Å². The summed E-state index contributed by atoms with van der Waals surface area (Å²) < 4.78 is 0. The van der Waals surface area contributed by atoms with Crippen LogP contribution in [0.25, 0.3) is 0 Å². The largest absolute Gasteiger partial charge is 0.355 e. The smallest absolute Gasteiger partial charge is 0.229 e. The number of nitrogens with two attached hydrogens (primary N) is 1. The van der Waals surface area contributed by atoms with Gasteiger partial charge in [-0.2, -0.15) is 4.98 Å². The zero-order valence-electron chi connectivity index (χ0n) is 15.1. The fourth-order valence-corrected chi connectivity index (χ4v) is 3.37. The molecule has 5 nitrogen and oxygen atoms in total. The first-order valence-corrected chi connectivity index (χ1v) is 9.70. The summed E-state index contributed by atoms with van der Waals surface area (Å²) in [5.74, 6) is 1.64. The van der Waals surface area contributed by atoms with E-state index in [-0.39, 0.29) is 30.9 Å². The highest BCUT2D eigenvalue weighted by Gasteiger charge is 2.21. The number of thioether (sulfide) groups is 1. The van der Waals surface area contributed by atoms with Crippen LogP contribution in [0.15, 0.2) is 35.2 Å². The molecule has 1 aromatic heterocycles. The molecule has 1 atom stereocenters. The molecule has 0 saturated carbocycles. The van der Waals surface area contributed by atoms with Gasteiger partial charge in [-0.15, -0.1) is 36.6 Å². The molecule has 1 unspecified atom stereocenters. The Hall–Kier alpha value is -1.21. The van der Waals surface area contributed by atoms with Crippen molar-refractivity contribution in [1.82, 2.24) is 9.97 Å². The van der Waals surface area contributed by atoms with E-state index in [0.717, 1.165) is 49.6 Å². The van der Waals surface area contributed by atoms with Gasteiger partial charge in [-0.1, -0.05) is 19.4 Å². The molecule has 0 bridgehead atoms. The number of anilines is 3. The van der Waals surface area contributed by atoms with Gasteiger partial charge < -0.3 is 16.0 Å². The van der Waals surface area contributed by atoms with E-state index in [2.05, 4.69) is 46.6 Å². The summed E-state index contributed by atoms with van der Waals surface area (Å²) in [6.45, 7) is 4.00. The van der Waals surface area contributed by atoms with Gasteiger partial charge in [0, 0.05) is 41.5 Å². The number of aromatic nitrogens is 2. The SMILES string of the molecule is CCCc1cc(N2CCC(N)C2)nc(Nc2cccc(SC)c2)n1.Cl.Cl. The molecular formula is C18H27Cl2N5S. The van der Waals surface area contributed by atoms with Crippen LogP contribution >= 0.6 is 36.6 Å². The third-order valence-electron chi connectivity index (χ3n) is 4.15. The lowest BCUT2D eigenvalue weighted by atomic mass is 10.2. The topological polar surface area (TPSA) is 67.1 Å². The van der Waals surface area contributed by atoms with Gasteiger partial charge in [-0.05, 0) is 37.3 Å². The van der Waals surface area contributed by atoms with Crippen LogP contribution in [-0.2, 0) is 6.42 Å². The third kappa shape index (κ3) is 5.91. The molecule has 1 aliphatic rings. The maximum absolute atomic E-state index is 6.05. The zero-order valence-corrected chi connectivity index (χ0v) is 17.6. The number of halogens is 2. The number of rotatable bonds is 6. The van der Waals surface area contributed by atoms with Gasteiger partial charge in [0.05, 0.1) is 0 Å². The summed E-state index contributed by atoms with van der Waals surface area (Å²) in [6.07, 6.45) is 5.12. The van der Waals surface area contributed by atoms with Crippen LogP contribution in [0.1, 0.15) is 25.5 Å². The van der Waals surface area contributed by atoms with Crippen LogP contribution in [0.4, 0.5) is 17.5 Å². The van der Waals surface area contributed by atoms with E-state index in [1.165, 1.54) is 4.90 Å². The molecule has 1 saturated heterocycles. The molecule has 3 rings (SSSR count). The van der Waals surface area contributed by atoms with Crippen LogP contribution in [-0.4, -0.2) is 35.4 Å². The molecular weight excluding hydrogens is 389 g/mol. The van der Waals surface area contributed by atoms with Gasteiger partial charge in [-0.3, -0.25) is 0 Å². The van der Waals surface area contributed by atoms with E-state index in [9.17, 15) is 0 Å². The Bertz CT molecular complexity index is 701. The highest BCUT2D eigenvalue weighted by atomic mass is 35.5. The monoisotopic (exact) mass is 415 g/mol. The summed E-state index contributed by atoms with van der Waals surface area (Å²) in [5.41, 5.74) is 8.14. The Morgan fingerprint density at radius 3 is 2.73 bits per heavy atom. The third-order valence-corrected chi connectivity index (χ3v) is 4.87. The van der Waals surface area contributed by atoms with Crippen molar-refractivity contribution in [3.63, 3.8) is 0 Å². The molecule has 144 valence electrons. The van der Waals surface area contributed by atoms with Crippen LogP contribution in [0.2, 0.25) is 0 Å². The summed E-state index contributed by atoms with van der Waals surface area (Å²) in [6, 6.07) is 10.6. The maximum Gasteiger partial charge on any atom is 0.229 e. The van der Waals surface area contributed by atoms with Crippen LogP contribution in [0.3, 0.4) is 0 Å². The van der Waals surface area contributed by atoms with E-state index >= 15 is 0 Å². The number of nitrogens with one attached hydrogen (secondary N) is 1. The molecule has 3 N–H and O–H groups in total. The number of aryl methyl sites for hydroxylation is 1. The second-order valence-electron chi connectivity index (χ2n) is 6.14. The normalized spacial score (nSPS) is 16.0. The minimum atomic E-state index is 0. The van der Waals surface area contributed by atoms with Gasteiger partial charge in [-0.25, -0.2) is 4.98 Å². The van der Waals surface area contributed by atoms with Crippen LogP contribution in [0.5, 0.6) is 0 Å². The van der Waals surface area contributed by atoms with Crippen LogP contribution < -0.4 is 16.0 Å². The first kappa shape index (κ1) is 22.8. The zero-order chi connectivity index (χ0) is 16.9. The Morgan fingerprint density at radius 2 is 2.08 bits per heavy atom. The van der Waals surface area contributed by atoms with E-state index in [0.29, 0.717) is 5.95 Å². The second-order valence-corrected chi connectivity index (χ2v) is 7.02. The number of hydrogen-bond donors (Lipinski definition) is 2. The first-order chi connectivity index (χ1) is 11.7. The summed E-state index contributed by atoms with van der Waals surface area (Å²) in [7, 11) is 0. The summed E-state index contributed by atoms with van der Waals surface area (Å²) in [4.78, 5) is 12.9. The molecule has 26 heavy (non-hydrogen) atoms. The lowest BCUT2D eigenvalue weighted by molar-refractivity contribution is 0.751. The van der Waals surface area contributed by atoms with Crippen molar-refractivity contribution in [2.24, 2.45) is 5.73 Å². The van der Waals surface area contributed by atoms with Crippen molar-refractivity contribution >= 4 is 54.0 Å². The van der Waals surface area contributed by atoms with Crippen molar-refractivity contribution in [3.8, 4) is 0 Å². The first-order valence-electron chi connectivity index (χ1n) is 8.47. The highest BCUT2D eigenvalue weighted by Crippen LogP contribution is 2.24. The number of hydrogen-bond acceptors (Lipinski definition) is 6. The Balaban J connectivity index is 0.00000169. The van der Waals surface area contributed by atoms with E-state index < -0.39 is 0 Å². The van der Waals surface area contributed by atoms with Crippen molar-refractivity contribution < 1.29 is 0 Å². The summed E-state index contributed by atoms with van der Waals surface area (Å²) in [5, 5.41) is 3.36. The Labute approximate surface area is 172 Å². The van der Waals surface area contributed by atoms with Crippen molar-refractivity contribution in [3.05, 3.63) is 36.0 Å². The average molecular weight is 416 g/mol. The number of benzene rings is 1. The Kier molecular flexibility index (Phi) is 9.50. The molecule has 0 aliphatic carbocycles. The Morgan fingerprint density at radius 1 is 1.27 bits per heavy atom. The molecule has 2 aromatic rings.